The molecule has 0 saturated heterocycles. The van der Waals surface area contributed by atoms with Crippen LogP contribution >= 0.6 is 0 Å². The fraction of sp³-hybridized carbons (Fsp3) is 0.800. The first-order valence-electron chi connectivity index (χ1n) is 7.03. The summed E-state index contributed by atoms with van der Waals surface area (Å²) in [5.74, 6) is 0.668. The van der Waals surface area contributed by atoms with E-state index in [1.165, 1.54) is 25.7 Å². The van der Waals surface area contributed by atoms with Crippen molar-refractivity contribution in [3.8, 4) is 0 Å². The summed E-state index contributed by atoms with van der Waals surface area (Å²) in [6.07, 6.45) is 10.5. The Morgan fingerprint density at radius 1 is 1.29 bits per heavy atom. The molecule has 1 aliphatic carbocycles. The van der Waals surface area contributed by atoms with Gasteiger partial charge in [0.05, 0.1) is 0 Å². The van der Waals surface area contributed by atoms with Gasteiger partial charge < -0.3 is 4.90 Å². The van der Waals surface area contributed by atoms with E-state index in [-0.39, 0.29) is 5.92 Å². The molecule has 0 aliphatic heterocycles. The fourth-order valence-electron chi connectivity index (χ4n) is 2.51. The number of unbranched alkanes of at least 4 members (excludes halogenated alkanes) is 4. The maximum atomic E-state index is 12.1. The summed E-state index contributed by atoms with van der Waals surface area (Å²) in [6.45, 7) is 3.14. The zero-order valence-corrected chi connectivity index (χ0v) is 11.7. The number of ketones is 1. The molecule has 2 heteroatoms. The van der Waals surface area contributed by atoms with Crippen LogP contribution in [-0.4, -0.2) is 31.3 Å². The zero-order chi connectivity index (χ0) is 12.7. The van der Waals surface area contributed by atoms with Gasteiger partial charge in [-0.15, -0.1) is 0 Å². The fourth-order valence-corrected chi connectivity index (χ4v) is 2.51. The molecule has 0 amide bonds. The SMILES string of the molecule is CCCCCCC=C1CCC(CN(C)C)C1=O. The quantitative estimate of drug-likeness (QED) is 0.499. The van der Waals surface area contributed by atoms with Crippen molar-refractivity contribution >= 4 is 5.78 Å². The molecule has 1 unspecified atom stereocenters. The van der Waals surface area contributed by atoms with E-state index in [1.807, 2.05) is 14.1 Å². The monoisotopic (exact) mass is 237 g/mol. The average molecular weight is 237 g/mol. The van der Waals surface area contributed by atoms with Crippen LogP contribution in [0.3, 0.4) is 0 Å². The molecule has 2 nitrogen and oxygen atoms in total. The van der Waals surface area contributed by atoms with Gasteiger partial charge in [0.15, 0.2) is 5.78 Å². The molecule has 0 N–H and O–H groups in total. The standard InChI is InChI=1S/C15H27NO/c1-4-5-6-7-8-9-13-10-11-14(15(13)17)12-16(2)3/h9,14H,4-8,10-12H2,1-3H3. The molecule has 17 heavy (non-hydrogen) atoms. The highest BCUT2D eigenvalue weighted by molar-refractivity contribution is 5.99. The Bertz CT molecular complexity index is 268. The van der Waals surface area contributed by atoms with Crippen LogP contribution in [0, 0.1) is 5.92 Å². The largest absolute Gasteiger partial charge is 0.309 e. The summed E-state index contributed by atoms with van der Waals surface area (Å²) >= 11 is 0. The van der Waals surface area contributed by atoms with Gasteiger partial charge in [0.1, 0.15) is 0 Å². The van der Waals surface area contributed by atoms with Crippen LogP contribution < -0.4 is 0 Å². The van der Waals surface area contributed by atoms with Gasteiger partial charge in [-0.25, -0.2) is 0 Å². The molecule has 98 valence electrons. The number of rotatable bonds is 7. The maximum Gasteiger partial charge on any atom is 0.162 e. The Kier molecular flexibility index (Phi) is 6.49. The normalized spacial score (nSPS) is 22.9. The lowest BCUT2D eigenvalue weighted by Gasteiger charge is -2.13. The van der Waals surface area contributed by atoms with Gasteiger partial charge in [-0.3, -0.25) is 4.79 Å². The van der Waals surface area contributed by atoms with Crippen molar-refractivity contribution in [3.05, 3.63) is 11.6 Å². The Hall–Kier alpha value is -0.630. The summed E-state index contributed by atoms with van der Waals surface area (Å²) < 4.78 is 0. The third kappa shape index (κ3) is 5.03. The van der Waals surface area contributed by atoms with E-state index in [2.05, 4.69) is 17.9 Å². The first kappa shape index (κ1) is 14.4. The number of allylic oxidation sites excluding steroid dienone is 2. The Balaban J connectivity index is 2.31. The lowest BCUT2D eigenvalue weighted by Crippen LogP contribution is -2.24. The number of nitrogens with zero attached hydrogens (tertiary/aromatic N) is 1. The van der Waals surface area contributed by atoms with Gasteiger partial charge in [0.25, 0.3) is 0 Å². The molecular weight excluding hydrogens is 210 g/mol. The molecule has 1 saturated carbocycles. The van der Waals surface area contributed by atoms with Crippen molar-refractivity contribution in [2.75, 3.05) is 20.6 Å². The van der Waals surface area contributed by atoms with Crippen LogP contribution in [0.15, 0.2) is 11.6 Å². The lowest BCUT2D eigenvalue weighted by atomic mass is 10.0. The molecule has 1 rings (SSSR count). The van der Waals surface area contributed by atoms with E-state index in [4.69, 9.17) is 0 Å². The minimum absolute atomic E-state index is 0.256. The third-order valence-electron chi connectivity index (χ3n) is 3.48. The van der Waals surface area contributed by atoms with Crippen molar-refractivity contribution in [3.63, 3.8) is 0 Å². The number of hydrogen-bond donors (Lipinski definition) is 0. The second kappa shape index (κ2) is 7.65. The van der Waals surface area contributed by atoms with Gasteiger partial charge in [0.2, 0.25) is 0 Å². The lowest BCUT2D eigenvalue weighted by molar-refractivity contribution is -0.118. The van der Waals surface area contributed by atoms with Crippen LogP contribution in [0.4, 0.5) is 0 Å². The van der Waals surface area contributed by atoms with Gasteiger partial charge in [-0.1, -0.05) is 32.3 Å². The highest BCUT2D eigenvalue weighted by atomic mass is 16.1. The minimum atomic E-state index is 0.256. The van der Waals surface area contributed by atoms with E-state index >= 15 is 0 Å². The van der Waals surface area contributed by atoms with Gasteiger partial charge >= 0.3 is 0 Å². The van der Waals surface area contributed by atoms with E-state index in [0.29, 0.717) is 5.78 Å². The molecule has 0 aromatic heterocycles. The predicted octanol–water partition coefficient (Wildman–Crippen LogP) is 3.42. The molecule has 1 fully saturated rings. The van der Waals surface area contributed by atoms with Crippen LogP contribution in [0.25, 0.3) is 0 Å². The zero-order valence-electron chi connectivity index (χ0n) is 11.7. The second-order valence-electron chi connectivity index (χ2n) is 5.44. The van der Waals surface area contributed by atoms with Gasteiger partial charge in [-0.05, 0) is 45.4 Å². The van der Waals surface area contributed by atoms with E-state index in [9.17, 15) is 4.79 Å². The predicted molar refractivity (Wildman–Crippen MR) is 73.1 cm³/mol. The highest BCUT2D eigenvalue weighted by Crippen LogP contribution is 2.27. The molecule has 0 radical (unpaired) electrons. The molecule has 0 heterocycles. The molecular formula is C15H27NO. The van der Waals surface area contributed by atoms with E-state index in [1.54, 1.807) is 0 Å². The van der Waals surface area contributed by atoms with Crippen molar-refractivity contribution < 1.29 is 4.79 Å². The molecule has 1 aliphatic rings. The van der Waals surface area contributed by atoms with Crippen LogP contribution in [-0.2, 0) is 4.79 Å². The summed E-state index contributed by atoms with van der Waals surface area (Å²) in [7, 11) is 4.08. The number of carbonyl (C=O) groups is 1. The van der Waals surface area contributed by atoms with Crippen LogP contribution in [0.1, 0.15) is 51.9 Å². The molecule has 0 spiro atoms. The summed E-state index contributed by atoms with van der Waals surface area (Å²) in [4.78, 5) is 14.2. The van der Waals surface area contributed by atoms with Crippen molar-refractivity contribution in [2.45, 2.75) is 51.9 Å². The van der Waals surface area contributed by atoms with Crippen LogP contribution in [0.2, 0.25) is 0 Å². The molecule has 0 aromatic rings. The molecule has 0 bridgehead atoms. The number of hydrogen-bond acceptors (Lipinski definition) is 2. The first-order chi connectivity index (χ1) is 8.15. The molecule has 1 atom stereocenters. The van der Waals surface area contributed by atoms with Crippen LogP contribution in [0.5, 0.6) is 0 Å². The third-order valence-corrected chi connectivity index (χ3v) is 3.48. The highest BCUT2D eigenvalue weighted by Gasteiger charge is 2.28. The molecule has 0 aromatic carbocycles. The topological polar surface area (TPSA) is 20.3 Å². The van der Waals surface area contributed by atoms with Crippen molar-refractivity contribution in [1.82, 2.24) is 4.90 Å². The van der Waals surface area contributed by atoms with Crippen molar-refractivity contribution in [2.24, 2.45) is 5.92 Å². The summed E-state index contributed by atoms with van der Waals surface area (Å²) in [6, 6.07) is 0. The Morgan fingerprint density at radius 3 is 2.71 bits per heavy atom. The second-order valence-corrected chi connectivity index (χ2v) is 5.44. The summed E-state index contributed by atoms with van der Waals surface area (Å²) in [5, 5.41) is 0. The van der Waals surface area contributed by atoms with E-state index < -0.39 is 0 Å². The van der Waals surface area contributed by atoms with Gasteiger partial charge in [-0.2, -0.15) is 0 Å². The minimum Gasteiger partial charge on any atom is -0.309 e. The smallest absolute Gasteiger partial charge is 0.162 e. The summed E-state index contributed by atoms with van der Waals surface area (Å²) in [5.41, 5.74) is 1.10. The van der Waals surface area contributed by atoms with E-state index in [0.717, 1.165) is 31.4 Å². The van der Waals surface area contributed by atoms with Crippen molar-refractivity contribution in [1.29, 1.82) is 0 Å². The number of carbonyl (C=O) groups excluding carboxylic acids is 1. The Labute approximate surface area is 106 Å². The van der Waals surface area contributed by atoms with Gasteiger partial charge in [0, 0.05) is 12.5 Å². The first-order valence-corrected chi connectivity index (χ1v) is 7.03. The Morgan fingerprint density at radius 2 is 2.06 bits per heavy atom. The average Bonchev–Trinajstić information content (AvgIpc) is 2.60. The number of Topliss-reactive ketones (excluding diaryl/α,β-unsaturated/α-hetero) is 1. The maximum absolute atomic E-state index is 12.1.